The molecule has 0 aromatic rings. The van der Waals surface area contributed by atoms with E-state index in [1.54, 1.807) is 0 Å². The molecular formula is C7H10N2O3S. The summed E-state index contributed by atoms with van der Waals surface area (Å²) in [5.41, 5.74) is 0. The third-order valence-corrected chi connectivity index (χ3v) is 2.79. The Labute approximate surface area is 79.8 Å². The monoisotopic (exact) mass is 202 g/mol. The average Bonchev–Trinajstić information content (AvgIpc) is 2.04. The second-order valence-corrected chi connectivity index (χ2v) is 3.84. The summed E-state index contributed by atoms with van der Waals surface area (Å²) in [6.45, 7) is 1.82. The minimum Gasteiger partial charge on any atom is -0.292 e. The zero-order valence-electron chi connectivity index (χ0n) is 7.23. The van der Waals surface area contributed by atoms with Gasteiger partial charge in [0.05, 0.1) is 0 Å². The van der Waals surface area contributed by atoms with Crippen molar-refractivity contribution >= 4 is 22.6 Å². The zero-order chi connectivity index (χ0) is 9.84. The van der Waals surface area contributed by atoms with Crippen LogP contribution in [-0.4, -0.2) is 34.1 Å². The molecule has 0 spiro atoms. The fraction of sp³-hybridized carbons (Fsp3) is 0.714. The van der Waals surface area contributed by atoms with Crippen molar-refractivity contribution in [2.45, 2.75) is 19.4 Å². The maximum atomic E-state index is 10.9. The zero-order valence-corrected chi connectivity index (χ0v) is 8.04. The molecule has 1 heterocycles. The minimum atomic E-state index is -1.23. The molecule has 13 heavy (non-hydrogen) atoms. The van der Waals surface area contributed by atoms with Crippen molar-refractivity contribution in [3.8, 4) is 0 Å². The van der Waals surface area contributed by atoms with Crippen molar-refractivity contribution in [1.29, 1.82) is 0 Å². The van der Waals surface area contributed by atoms with Gasteiger partial charge in [-0.25, -0.2) is 0 Å². The van der Waals surface area contributed by atoms with Crippen molar-refractivity contribution in [3.63, 3.8) is 0 Å². The fourth-order valence-electron chi connectivity index (χ4n) is 1.05. The molecule has 0 radical (unpaired) electrons. The number of hydrogen-bond acceptors (Lipinski definition) is 5. The Hall–Kier alpha value is -0.910. The summed E-state index contributed by atoms with van der Waals surface area (Å²) < 4.78 is 0. The van der Waals surface area contributed by atoms with Gasteiger partial charge in [-0.05, 0) is 6.42 Å². The van der Waals surface area contributed by atoms with Crippen molar-refractivity contribution in [3.05, 3.63) is 10.1 Å². The number of ketones is 1. The van der Waals surface area contributed by atoms with Crippen LogP contribution in [0, 0.1) is 10.1 Å². The summed E-state index contributed by atoms with van der Waals surface area (Å²) >= 11 is 1.32. The van der Waals surface area contributed by atoms with Crippen LogP contribution in [0.15, 0.2) is 4.99 Å². The van der Waals surface area contributed by atoms with Crippen LogP contribution in [-0.2, 0) is 4.79 Å². The summed E-state index contributed by atoms with van der Waals surface area (Å²) in [5.74, 6) is 0.370. The molecule has 72 valence electrons. The van der Waals surface area contributed by atoms with E-state index in [0.717, 1.165) is 12.2 Å². The van der Waals surface area contributed by atoms with Gasteiger partial charge < -0.3 is 0 Å². The summed E-state index contributed by atoms with van der Waals surface area (Å²) in [7, 11) is 0. The Morgan fingerprint density at radius 2 is 2.46 bits per heavy atom. The van der Waals surface area contributed by atoms with E-state index in [1.807, 2.05) is 0 Å². The molecule has 0 aromatic heterocycles. The fourth-order valence-corrected chi connectivity index (χ4v) is 2.13. The molecule has 0 aliphatic carbocycles. The number of carbonyl (C=O) groups is 1. The quantitative estimate of drug-likeness (QED) is 0.500. The van der Waals surface area contributed by atoms with E-state index >= 15 is 0 Å². The lowest BCUT2D eigenvalue weighted by Crippen LogP contribution is -2.35. The molecule has 6 heteroatoms. The summed E-state index contributed by atoms with van der Waals surface area (Å²) in [5, 5.41) is 10.9. The van der Waals surface area contributed by atoms with E-state index in [2.05, 4.69) is 4.99 Å². The summed E-state index contributed by atoms with van der Waals surface area (Å²) in [4.78, 5) is 24.9. The van der Waals surface area contributed by atoms with Gasteiger partial charge in [0.2, 0.25) is 5.78 Å². The first kappa shape index (κ1) is 10.2. The van der Waals surface area contributed by atoms with Crippen LogP contribution in [0.3, 0.4) is 0 Å². The number of nitro groups is 1. The van der Waals surface area contributed by atoms with E-state index in [1.165, 1.54) is 18.7 Å². The molecule has 0 N–H and O–H groups in total. The summed E-state index contributed by atoms with van der Waals surface area (Å²) in [6, 6.07) is -1.23. The number of rotatable bonds is 3. The van der Waals surface area contributed by atoms with Crippen molar-refractivity contribution in [1.82, 2.24) is 0 Å². The predicted octanol–water partition coefficient (Wildman–Crippen LogP) is 0.756. The molecule has 1 unspecified atom stereocenters. The van der Waals surface area contributed by atoms with Gasteiger partial charge in [-0.1, -0.05) is 0 Å². The molecule has 5 nitrogen and oxygen atoms in total. The SMILES string of the molecule is CC(=O)C(C1=NCCCS1)[N+](=O)[O-]. The van der Waals surface area contributed by atoms with Gasteiger partial charge in [0.15, 0.2) is 0 Å². The summed E-state index contributed by atoms with van der Waals surface area (Å²) in [6.07, 6.45) is 0.927. The van der Waals surface area contributed by atoms with Crippen LogP contribution in [0.1, 0.15) is 13.3 Å². The van der Waals surface area contributed by atoms with Crippen LogP contribution in [0.25, 0.3) is 0 Å². The third-order valence-electron chi connectivity index (χ3n) is 1.65. The second kappa shape index (κ2) is 4.36. The topological polar surface area (TPSA) is 72.6 Å². The number of thioether (sulfide) groups is 1. The molecule has 1 atom stereocenters. The van der Waals surface area contributed by atoms with Gasteiger partial charge in [0.25, 0.3) is 0 Å². The predicted molar refractivity (Wildman–Crippen MR) is 50.8 cm³/mol. The number of carbonyl (C=O) groups excluding carboxylic acids is 1. The third kappa shape index (κ3) is 2.51. The Morgan fingerprint density at radius 1 is 1.77 bits per heavy atom. The van der Waals surface area contributed by atoms with Crippen LogP contribution in [0.5, 0.6) is 0 Å². The molecule has 0 fully saturated rings. The number of aliphatic imine (C=N–C) groups is 1. The van der Waals surface area contributed by atoms with E-state index in [0.29, 0.717) is 11.6 Å². The van der Waals surface area contributed by atoms with Crippen LogP contribution < -0.4 is 0 Å². The highest BCUT2D eigenvalue weighted by Crippen LogP contribution is 2.17. The largest absolute Gasteiger partial charge is 0.316 e. The lowest BCUT2D eigenvalue weighted by molar-refractivity contribution is -0.488. The highest BCUT2D eigenvalue weighted by molar-refractivity contribution is 8.14. The number of nitrogens with zero attached hydrogens (tertiary/aromatic N) is 2. The van der Waals surface area contributed by atoms with E-state index in [4.69, 9.17) is 0 Å². The molecule has 0 saturated heterocycles. The Balaban J connectivity index is 2.80. The lowest BCUT2D eigenvalue weighted by atomic mass is 10.2. The van der Waals surface area contributed by atoms with Crippen LogP contribution >= 0.6 is 11.8 Å². The van der Waals surface area contributed by atoms with Crippen molar-refractivity contribution < 1.29 is 9.72 Å². The molecule has 1 rings (SSSR count). The molecule has 0 aromatic carbocycles. The van der Waals surface area contributed by atoms with Crippen LogP contribution in [0.2, 0.25) is 0 Å². The first-order chi connectivity index (χ1) is 6.13. The van der Waals surface area contributed by atoms with Crippen molar-refractivity contribution in [2.75, 3.05) is 12.3 Å². The number of hydrogen-bond donors (Lipinski definition) is 0. The second-order valence-electron chi connectivity index (χ2n) is 2.72. The standard InChI is InChI=1S/C7H10N2O3S/c1-5(10)6(9(11)12)7-8-3-2-4-13-7/h6H,2-4H2,1H3. The molecule has 1 aliphatic rings. The lowest BCUT2D eigenvalue weighted by Gasteiger charge is -2.12. The van der Waals surface area contributed by atoms with Gasteiger partial charge >= 0.3 is 6.04 Å². The highest BCUT2D eigenvalue weighted by atomic mass is 32.2. The van der Waals surface area contributed by atoms with Gasteiger partial charge in [0, 0.05) is 24.1 Å². The Kier molecular flexibility index (Phi) is 3.41. The van der Waals surface area contributed by atoms with Crippen LogP contribution in [0.4, 0.5) is 0 Å². The molecule has 0 amide bonds. The number of Topliss-reactive ketones (excluding diaryl/α,β-unsaturated/α-hetero) is 1. The van der Waals surface area contributed by atoms with Gasteiger partial charge in [0.1, 0.15) is 5.04 Å². The van der Waals surface area contributed by atoms with Crippen molar-refractivity contribution in [2.24, 2.45) is 4.99 Å². The Bertz CT molecular complexity index is 250. The van der Waals surface area contributed by atoms with E-state index < -0.39 is 16.7 Å². The Morgan fingerprint density at radius 3 is 2.85 bits per heavy atom. The molecule has 1 aliphatic heterocycles. The van der Waals surface area contributed by atoms with E-state index in [9.17, 15) is 14.9 Å². The molecule has 0 bridgehead atoms. The smallest absolute Gasteiger partial charge is 0.292 e. The maximum absolute atomic E-state index is 10.9. The minimum absolute atomic E-state index is 0.365. The average molecular weight is 202 g/mol. The first-order valence-corrected chi connectivity index (χ1v) is 4.92. The first-order valence-electron chi connectivity index (χ1n) is 3.94. The molecular weight excluding hydrogens is 192 g/mol. The van der Waals surface area contributed by atoms with Gasteiger partial charge in [-0.3, -0.25) is 19.9 Å². The maximum Gasteiger partial charge on any atom is 0.316 e. The normalized spacial score (nSPS) is 19.0. The van der Waals surface area contributed by atoms with Gasteiger partial charge in [-0.2, -0.15) is 0 Å². The molecule has 0 saturated carbocycles. The van der Waals surface area contributed by atoms with E-state index in [-0.39, 0.29) is 0 Å². The highest BCUT2D eigenvalue weighted by Gasteiger charge is 2.33. The van der Waals surface area contributed by atoms with Gasteiger partial charge in [-0.15, -0.1) is 11.8 Å².